The van der Waals surface area contributed by atoms with Gasteiger partial charge in [-0.25, -0.2) is 0 Å². The molecule has 0 spiro atoms. The minimum atomic E-state index is -0.186. The maximum atomic E-state index is 13.1. The standard InChI is InChI=1S/C25H25N3O2S/c1-18-15-16-28(22-13-7-8-14-23(22)31-18)24(29)17-26-20-11-5-6-12-21(20)27-25(30)19-9-3-2-4-10-19/h2-14,18,26H,15-17H2,1H3,(H,27,30). The van der Waals surface area contributed by atoms with Crippen molar-refractivity contribution in [3.63, 3.8) is 0 Å². The molecule has 1 heterocycles. The molecule has 0 aromatic heterocycles. The molecule has 3 aromatic rings. The zero-order valence-corrected chi connectivity index (χ0v) is 18.2. The van der Waals surface area contributed by atoms with Crippen molar-refractivity contribution >= 4 is 40.6 Å². The van der Waals surface area contributed by atoms with Gasteiger partial charge < -0.3 is 15.5 Å². The van der Waals surface area contributed by atoms with Gasteiger partial charge in [-0.2, -0.15) is 0 Å². The van der Waals surface area contributed by atoms with Gasteiger partial charge >= 0.3 is 0 Å². The van der Waals surface area contributed by atoms with Gasteiger partial charge in [-0.05, 0) is 42.8 Å². The number of hydrogen-bond donors (Lipinski definition) is 2. The third kappa shape index (κ3) is 5.09. The van der Waals surface area contributed by atoms with E-state index in [-0.39, 0.29) is 18.4 Å². The summed E-state index contributed by atoms with van der Waals surface area (Å²) in [5.41, 5.74) is 2.91. The molecular weight excluding hydrogens is 406 g/mol. The zero-order chi connectivity index (χ0) is 21.6. The lowest BCUT2D eigenvalue weighted by Crippen LogP contribution is -2.36. The molecule has 0 fully saturated rings. The van der Waals surface area contributed by atoms with Crippen LogP contribution in [0.1, 0.15) is 23.7 Å². The Bertz CT molecular complexity index is 1070. The van der Waals surface area contributed by atoms with Crippen LogP contribution in [-0.4, -0.2) is 30.2 Å². The summed E-state index contributed by atoms with van der Waals surface area (Å²) in [6.07, 6.45) is 0.939. The number of anilines is 3. The summed E-state index contributed by atoms with van der Waals surface area (Å²) in [4.78, 5) is 28.7. The number of hydrogen-bond acceptors (Lipinski definition) is 4. The number of amides is 2. The summed E-state index contributed by atoms with van der Waals surface area (Å²) in [5, 5.41) is 6.61. The molecule has 0 radical (unpaired) electrons. The normalized spacial score (nSPS) is 15.5. The highest BCUT2D eigenvalue weighted by Gasteiger charge is 2.24. The zero-order valence-electron chi connectivity index (χ0n) is 17.4. The number of benzene rings is 3. The Morgan fingerprint density at radius 1 is 0.935 bits per heavy atom. The van der Waals surface area contributed by atoms with Crippen molar-refractivity contribution in [2.75, 3.05) is 28.6 Å². The van der Waals surface area contributed by atoms with Gasteiger partial charge in [0.25, 0.3) is 5.91 Å². The van der Waals surface area contributed by atoms with Crippen LogP contribution in [0.5, 0.6) is 0 Å². The maximum absolute atomic E-state index is 13.1. The second-order valence-corrected chi connectivity index (χ2v) is 8.93. The Kier molecular flexibility index (Phi) is 6.57. The Morgan fingerprint density at radius 2 is 1.61 bits per heavy atom. The third-order valence-corrected chi connectivity index (χ3v) is 6.42. The third-order valence-electron chi connectivity index (χ3n) is 5.19. The van der Waals surface area contributed by atoms with E-state index in [2.05, 4.69) is 23.6 Å². The molecule has 1 aliphatic heterocycles. The minimum Gasteiger partial charge on any atom is -0.374 e. The van der Waals surface area contributed by atoms with E-state index >= 15 is 0 Å². The highest BCUT2D eigenvalue weighted by Crippen LogP contribution is 2.37. The van der Waals surface area contributed by atoms with Gasteiger partial charge in [0.1, 0.15) is 0 Å². The molecule has 2 amide bonds. The van der Waals surface area contributed by atoms with Crippen LogP contribution < -0.4 is 15.5 Å². The van der Waals surface area contributed by atoms with Crippen molar-refractivity contribution in [3.05, 3.63) is 84.4 Å². The minimum absolute atomic E-state index is 0.00587. The van der Waals surface area contributed by atoms with Gasteiger partial charge in [0.2, 0.25) is 5.91 Å². The highest BCUT2D eigenvalue weighted by atomic mass is 32.2. The first-order valence-corrected chi connectivity index (χ1v) is 11.2. The summed E-state index contributed by atoms with van der Waals surface area (Å²) in [6, 6.07) is 24.6. The predicted octanol–water partition coefficient (Wildman–Crippen LogP) is 5.27. The molecule has 3 aromatic carbocycles. The second-order valence-electron chi connectivity index (χ2n) is 7.45. The van der Waals surface area contributed by atoms with Crippen LogP contribution in [0.15, 0.2) is 83.8 Å². The number of rotatable bonds is 5. The van der Waals surface area contributed by atoms with Crippen LogP contribution >= 0.6 is 11.8 Å². The molecule has 31 heavy (non-hydrogen) atoms. The molecule has 1 unspecified atom stereocenters. The summed E-state index contributed by atoms with van der Waals surface area (Å²) in [6.45, 7) is 3.03. The van der Waals surface area contributed by atoms with Gasteiger partial charge in [-0.1, -0.05) is 49.4 Å². The van der Waals surface area contributed by atoms with Crippen molar-refractivity contribution in [1.82, 2.24) is 0 Å². The van der Waals surface area contributed by atoms with Crippen LogP contribution in [0, 0.1) is 0 Å². The van der Waals surface area contributed by atoms with E-state index in [0.29, 0.717) is 28.7 Å². The van der Waals surface area contributed by atoms with E-state index in [1.54, 1.807) is 12.1 Å². The van der Waals surface area contributed by atoms with Gasteiger partial charge in [0, 0.05) is 22.3 Å². The fourth-order valence-electron chi connectivity index (χ4n) is 3.54. The van der Waals surface area contributed by atoms with Gasteiger partial charge in [-0.15, -0.1) is 11.8 Å². The van der Waals surface area contributed by atoms with Gasteiger partial charge in [-0.3, -0.25) is 9.59 Å². The summed E-state index contributed by atoms with van der Waals surface area (Å²) in [5.74, 6) is -0.181. The molecule has 0 bridgehead atoms. The monoisotopic (exact) mass is 431 g/mol. The molecule has 2 N–H and O–H groups in total. The number of carbonyl (C=O) groups excluding carboxylic acids is 2. The number of carbonyl (C=O) groups is 2. The van der Waals surface area contributed by atoms with Crippen molar-refractivity contribution in [3.8, 4) is 0 Å². The SMILES string of the molecule is CC1CCN(C(=O)CNc2ccccc2NC(=O)c2ccccc2)c2ccccc2S1. The first kappa shape index (κ1) is 21.0. The molecule has 0 saturated carbocycles. The van der Waals surface area contributed by atoms with E-state index in [1.807, 2.05) is 77.3 Å². The van der Waals surface area contributed by atoms with Crippen LogP contribution in [-0.2, 0) is 4.79 Å². The molecular formula is C25H25N3O2S. The molecule has 1 aliphatic rings. The van der Waals surface area contributed by atoms with Gasteiger partial charge in [0.05, 0.1) is 23.6 Å². The molecule has 158 valence electrons. The Labute approximate surface area is 186 Å². The van der Waals surface area contributed by atoms with Crippen LogP contribution in [0.25, 0.3) is 0 Å². The van der Waals surface area contributed by atoms with Crippen molar-refractivity contribution < 1.29 is 9.59 Å². The van der Waals surface area contributed by atoms with Crippen molar-refractivity contribution in [2.45, 2.75) is 23.5 Å². The average molecular weight is 432 g/mol. The van der Waals surface area contributed by atoms with Crippen LogP contribution in [0.3, 0.4) is 0 Å². The van der Waals surface area contributed by atoms with E-state index < -0.39 is 0 Å². The molecule has 6 heteroatoms. The topological polar surface area (TPSA) is 61.4 Å². The lowest BCUT2D eigenvalue weighted by molar-refractivity contribution is -0.117. The molecule has 0 saturated heterocycles. The number of thioether (sulfide) groups is 1. The first-order chi connectivity index (χ1) is 15.1. The predicted molar refractivity (Wildman–Crippen MR) is 128 cm³/mol. The molecule has 0 aliphatic carbocycles. The lowest BCUT2D eigenvalue weighted by Gasteiger charge is -2.23. The second kappa shape index (κ2) is 9.71. The first-order valence-electron chi connectivity index (χ1n) is 10.4. The van der Waals surface area contributed by atoms with Crippen LogP contribution in [0.4, 0.5) is 17.1 Å². The fraction of sp³-hybridized carbons (Fsp3) is 0.200. The maximum Gasteiger partial charge on any atom is 0.255 e. The smallest absolute Gasteiger partial charge is 0.255 e. The Balaban J connectivity index is 1.46. The fourth-order valence-corrected chi connectivity index (χ4v) is 4.66. The Morgan fingerprint density at radius 3 is 2.42 bits per heavy atom. The number of para-hydroxylation sites is 3. The lowest BCUT2D eigenvalue weighted by atomic mass is 10.2. The van der Waals surface area contributed by atoms with E-state index in [9.17, 15) is 9.59 Å². The van der Waals surface area contributed by atoms with Crippen molar-refractivity contribution in [1.29, 1.82) is 0 Å². The van der Waals surface area contributed by atoms with E-state index in [0.717, 1.165) is 17.0 Å². The molecule has 4 rings (SSSR count). The average Bonchev–Trinajstić information content (AvgIpc) is 2.97. The quantitative estimate of drug-likeness (QED) is 0.578. The Hall–Kier alpha value is -3.25. The van der Waals surface area contributed by atoms with E-state index in [1.165, 1.54) is 0 Å². The number of nitrogens with one attached hydrogen (secondary N) is 2. The summed E-state index contributed by atoms with van der Waals surface area (Å²) in [7, 11) is 0. The molecule has 1 atom stereocenters. The molecule has 5 nitrogen and oxygen atoms in total. The largest absolute Gasteiger partial charge is 0.374 e. The summed E-state index contributed by atoms with van der Waals surface area (Å²) < 4.78 is 0. The summed E-state index contributed by atoms with van der Waals surface area (Å²) >= 11 is 1.81. The van der Waals surface area contributed by atoms with Gasteiger partial charge in [0.15, 0.2) is 0 Å². The number of fused-ring (bicyclic) bond motifs is 1. The number of nitrogens with zero attached hydrogens (tertiary/aromatic N) is 1. The van der Waals surface area contributed by atoms with E-state index in [4.69, 9.17) is 0 Å². The van der Waals surface area contributed by atoms with Crippen molar-refractivity contribution in [2.24, 2.45) is 0 Å². The van der Waals surface area contributed by atoms with Crippen LogP contribution in [0.2, 0.25) is 0 Å². The highest BCUT2D eigenvalue weighted by molar-refractivity contribution is 8.00.